The number of aromatic nitrogens is 2. The van der Waals surface area contributed by atoms with Crippen LogP contribution in [-0.2, 0) is 6.54 Å². The molecule has 2 aromatic carbocycles. The molecular weight excluding hydrogens is 382 g/mol. The Bertz CT molecular complexity index is 1010. The highest BCUT2D eigenvalue weighted by Crippen LogP contribution is 2.17. The van der Waals surface area contributed by atoms with Gasteiger partial charge < -0.3 is 5.32 Å². The lowest BCUT2D eigenvalue weighted by Gasteiger charge is -2.32. The third-order valence-corrected chi connectivity index (χ3v) is 5.34. The van der Waals surface area contributed by atoms with Gasteiger partial charge in [0, 0.05) is 44.0 Å². The van der Waals surface area contributed by atoms with Crippen LogP contribution < -0.4 is 5.32 Å². The van der Waals surface area contributed by atoms with Crippen molar-refractivity contribution in [3.05, 3.63) is 88.2 Å². The van der Waals surface area contributed by atoms with Gasteiger partial charge in [-0.15, -0.1) is 0 Å². The number of benzene rings is 2. The predicted octanol–water partition coefficient (Wildman–Crippen LogP) is 3.17. The number of nitro benzene ring substituents is 1. The molecule has 0 atom stereocenters. The van der Waals surface area contributed by atoms with Crippen LogP contribution in [0.2, 0.25) is 0 Å². The van der Waals surface area contributed by atoms with E-state index in [1.165, 1.54) is 23.9 Å². The summed E-state index contributed by atoms with van der Waals surface area (Å²) in [7, 11) is 0. The third kappa shape index (κ3) is 4.72. The summed E-state index contributed by atoms with van der Waals surface area (Å²) in [5.41, 5.74) is 2.45. The van der Waals surface area contributed by atoms with Gasteiger partial charge in [0.25, 0.3) is 11.6 Å². The number of non-ortho nitro benzene ring substituents is 1. The van der Waals surface area contributed by atoms with Crippen LogP contribution in [0.3, 0.4) is 0 Å². The van der Waals surface area contributed by atoms with Gasteiger partial charge in [-0.3, -0.25) is 19.8 Å². The lowest BCUT2D eigenvalue weighted by atomic mass is 10.0. The van der Waals surface area contributed by atoms with E-state index >= 15 is 0 Å². The van der Waals surface area contributed by atoms with Gasteiger partial charge in [-0.25, -0.2) is 4.68 Å². The molecule has 8 nitrogen and oxygen atoms in total. The standard InChI is InChI=1S/C22H23N5O3/c28-22(18-14-23-26(16-18)20-6-8-21(9-7-20)27(29)30)24-19-10-12-25(13-11-19)15-17-4-2-1-3-5-17/h1-9,14,16,19H,10-13,15H2,(H,24,28). The van der Waals surface area contributed by atoms with E-state index in [0.717, 1.165) is 32.5 Å². The number of carbonyl (C=O) groups is 1. The maximum atomic E-state index is 12.6. The highest BCUT2D eigenvalue weighted by atomic mass is 16.6. The Morgan fingerprint density at radius 2 is 1.80 bits per heavy atom. The summed E-state index contributed by atoms with van der Waals surface area (Å²) in [5, 5.41) is 18.1. The molecule has 0 unspecified atom stereocenters. The molecule has 1 N–H and O–H groups in total. The highest BCUT2D eigenvalue weighted by Gasteiger charge is 2.22. The van der Waals surface area contributed by atoms with Crippen LogP contribution in [0, 0.1) is 10.1 Å². The molecule has 8 heteroatoms. The van der Waals surface area contributed by atoms with Crippen molar-refractivity contribution in [2.75, 3.05) is 13.1 Å². The number of amides is 1. The average molecular weight is 405 g/mol. The monoisotopic (exact) mass is 405 g/mol. The second-order valence-corrected chi connectivity index (χ2v) is 7.46. The molecular formula is C22H23N5O3. The smallest absolute Gasteiger partial charge is 0.269 e. The quantitative estimate of drug-likeness (QED) is 0.502. The van der Waals surface area contributed by atoms with Crippen LogP contribution in [0.1, 0.15) is 28.8 Å². The van der Waals surface area contributed by atoms with Gasteiger partial charge in [-0.05, 0) is 30.5 Å². The van der Waals surface area contributed by atoms with Crippen LogP contribution in [0.25, 0.3) is 5.69 Å². The normalized spacial score (nSPS) is 15.1. The lowest BCUT2D eigenvalue weighted by molar-refractivity contribution is -0.384. The minimum Gasteiger partial charge on any atom is -0.349 e. The first-order valence-corrected chi connectivity index (χ1v) is 9.95. The van der Waals surface area contributed by atoms with Crippen molar-refractivity contribution in [3.8, 4) is 5.69 Å². The Hall–Kier alpha value is -3.52. The number of hydrogen-bond acceptors (Lipinski definition) is 5. The van der Waals surface area contributed by atoms with Gasteiger partial charge in [0.2, 0.25) is 0 Å². The fraction of sp³-hybridized carbons (Fsp3) is 0.273. The molecule has 1 aliphatic rings. The SMILES string of the molecule is O=C(NC1CCN(Cc2ccccc2)CC1)c1cnn(-c2ccc([N+](=O)[O-])cc2)c1. The van der Waals surface area contributed by atoms with Gasteiger partial charge in [0.05, 0.1) is 22.4 Å². The van der Waals surface area contributed by atoms with Crippen molar-refractivity contribution in [1.29, 1.82) is 0 Å². The molecule has 0 bridgehead atoms. The molecule has 1 aliphatic heterocycles. The van der Waals surface area contributed by atoms with Crippen LogP contribution in [0.5, 0.6) is 0 Å². The van der Waals surface area contributed by atoms with E-state index in [9.17, 15) is 14.9 Å². The number of nitrogens with zero attached hydrogens (tertiary/aromatic N) is 4. The summed E-state index contributed by atoms with van der Waals surface area (Å²) in [6, 6.07) is 16.6. The molecule has 1 amide bonds. The minimum absolute atomic E-state index is 0.0162. The number of likely N-dealkylation sites (tertiary alicyclic amines) is 1. The summed E-state index contributed by atoms with van der Waals surface area (Å²) >= 11 is 0. The fourth-order valence-corrected chi connectivity index (χ4v) is 3.65. The lowest BCUT2D eigenvalue weighted by Crippen LogP contribution is -2.44. The Labute approximate surface area is 174 Å². The van der Waals surface area contributed by atoms with Crippen molar-refractivity contribution < 1.29 is 9.72 Å². The summed E-state index contributed by atoms with van der Waals surface area (Å²) in [6.07, 6.45) is 4.98. The van der Waals surface area contributed by atoms with E-state index in [-0.39, 0.29) is 17.6 Å². The zero-order valence-electron chi connectivity index (χ0n) is 16.5. The molecule has 3 aromatic rings. The molecule has 0 spiro atoms. The second kappa shape index (κ2) is 8.87. The van der Waals surface area contributed by atoms with Crippen LogP contribution in [-0.4, -0.2) is 44.6 Å². The fourth-order valence-electron chi connectivity index (χ4n) is 3.65. The van der Waals surface area contributed by atoms with Crippen molar-refractivity contribution in [2.24, 2.45) is 0 Å². The molecule has 1 aromatic heterocycles. The van der Waals surface area contributed by atoms with Crippen molar-refractivity contribution in [3.63, 3.8) is 0 Å². The van der Waals surface area contributed by atoms with E-state index in [2.05, 4.69) is 39.6 Å². The maximum Gasteiger partial charge on any atom is 0.269 e. The number of hydrogen-bond donors (Lipinski definition) is 1. The van der Waals surface area contributed by atoms with E-state index in [4.69, 9.17) is 0 Å². The number of rotatable bonds is 6. The van der Waals surface area contributed by atoms with Gasteiger partial charge in [-0.2, -0.15) is 5.10 Å². The molecule has 0 radical (unpaired) electrons. The van der Waals surface area contributed by atoms with Crippen molar-refractivity contribution in [2.45, 2.75) is 25.4 Å². The second-order valence-electron chi connectivity index (χ2n) is 7.46. The summed E-state index contributed by atoms with van der Waals surface area (Å²) in [6.45, 7) is 2.83. The minimum atomic E-state index is -0.448. The molecule has 30 heavy (non-hydrogen) atoms. The molecule has 1 fully saturated rings. The molecule has 154 valence electrons. The predicted molar refractivity (Wildman–Crippen MR) is 112 cm³/mol. The highest BCUT2D eigenvalue weighted by molar-refractivity contribution is 5.94. The summed E-state index contributed by atoms with van der Waals surface area (Å²) in [5.74, 6) is -0.148. The van der Waals surface area contributed by atoms with E-state index < -0.39 is 4.92 Å². The summed E-state index contributed by atoms with van der Waals surface area (Å²) in [4.78, 5) is 25.3. The van der Waals surface area contributed by atoms with Crippen molar-refractivity contribution in [1.82, 2.24) is 20.0 Å². The number of nitrogens with one attached hydrogen (secondary N) is 1. The maximum absolute atomic E-state index is 12.6. The number of carbonyl (C=O) groups excluding carboxylic acids is 1. The first-order chi connectivity index (χ1) is 14.6. The molecule has 0 saturated carbocycles. The first-order valence-electron chi connectivity index (χ1n) is 9.95. The summed E-state index contributed by atoms with van der Waals surface area (Å²) < 4.78 is 1.54. The third-order valence-electron chi connectivity index (χ3n) is 5.34. The largest absolute Gasteiger partial charge is 0.349 e. The zero-order valence-corrected chi connectivity index (χ0v) is 16.5. The Kier molecular flexibility index (Phi) is 5.85. The Balaban J connectivity index is 1.30. The first kappa shape index (κ1) is 19.8. The zero-order chi connectivity index (χ0) is 20.9. The Morgan fingerprint density at radius 1 is 1.10 bits per heavy atom. The van der Waals surface area contributed by atoms with Gasteiger partial charge >= 0.3 is 0 Å². The van der Waals surface area contributed by atoms with Gasteiger partial charge in [0.15, 0.2) is 0 Å². The number of nitro groups is 1. The van der Waals surface area contributed by atoms with Crippen molar-refractivity contribution >= 4 is 11.6 Å². The van der Waals surface area contributed by atoms with E-state index in [1.54, 1.807) is 23.0 Å². The molecule has 0 aliphatic carbocycles. The molecule has 4 rings (SSSR count). The van der Waals surface area contributed by atoms with Crippen LogP contribution >= 0.6 is 0 Å². The topological polar surface area (TPSA) is 93.3 Å². The molecule has 2 heterocycles. The van der Waals surface area contributed by atoms with Crippen LogP contribution in [0.15, 0.2) is 67.0 Å². The van der Waals surface area contributed by atoms with E-state index in [1.807, 2.05) is 6.07 Å². The van der Waals surface area contributed by atoms with Gasteiger partial charge in [-0.1, -0.05) is 30.3 Å². The molecule has 1 saturated heterocycles. The average Bonchev–Trinajstić information content (AvgIpc) is 3.26. The van der Waals surface area contributed by atoms with E-state index in [0.29, 0.717) is 11.3 Å². The van der Waals surface area contributed by atoms with Gasteiger partial charge in [0.1, 0.15) is 0 Å². The van der Waals surface area contributed by atoms with Crippen LogP contribution in [0.4, 0.5) is 5.69 Å². The number of piperidine rings is 1. The Morgan fingerprint density at radius 3 is 2.47 bits per heavy atom.